The Balaban J connectivity index is 2.00. The third kappa shape index (κ3) is 5.46. The van der Waals surface area contributed by atoms with Gasteiger partial charge in [-0.25, -0.2) is 21.6 Å². The van der Waals surface area contributed by atoms with E-state index >= 15 is 0 Å². The summed E-state index contributed by atoms with van der Waals surface area (Å²) >= 11 is 0. The number of carbonyl (C=O) groups is 1. The lowest BCUT2D eigenvalue weighted by Crippen LogP contribution is -2.41. The number of hydrazine groups is 1. The van der Waals surface area contributed by atoms with Crippen molar-refractivity contribution in [2.45, 2.75) is 25.2 Å². The van der Waals surface area contributed by atoms with Crippen molar-refractivity contribution in [2.24, 2.45) is 5.92 Å². The number of ether oxygens (including phenoxy) is 1. The van der Waals surface area contributed by atoms with Crippen molar-refractivity contribution in [2.75, 3.05) is 6.61 Å². The van der Waals surface area contributed by atoms with Gasteiger partial charge in [-0.3, -0.25) is 10.2 Å². The van der Waals surface area contributed by atoms with Crippen LogP contribution in [-0.4, -0.2) is 20.9 Å². The van der Waals surface area contributed by atoms with Gasteiger partial charge in [0.1, 0.15) is 10.6 Å². The van der Waals surface area contributed by atoms with Gasteiger partial charge >= 0.3 is 0 Å². The minimum Gasteiger partial charge on any atom is -0.494 e. The van der Waals surface area contributed by atoms with Gasteiger partial charge in [0, 0.05) is 5.56 Å². The standard InChI is InChI=1S/C18H19F3N2O4S/c1-11(2)9-10-27-13-5-3-12(4-6-13)18(24)22-23-28(25,26)15-8-7-14(19)16(20)17(15)21/h3-8,11,23H,9-10H2,1-2H3,(H,22,24). The molecular weight excluding hydrogens is 397 g/mol. The van der Waals surface area contributed by atoms with Gasteiger partial charge in [0.15, 0.2) is 17.5 Å². The number of benzene rings is 2. The first kappa shape index (κ1) is 21.7. The van der Waals surface area contributed by atoms with E-state index in [2.05, 4.69) is 13.8 Å². The van der Waals surface area contributed by atoms with Gasteiger partial charge in [0.05, 0.1) is 6.61 Å². The molecule has 6 nitrogen and oxygen atoms in total. The molecule has 0 aliphatic rings. The van der Waals surface area contributed by atoms with Crippen molar-refractivity contribution < 1.29 is 31.1 Å². The van der Waals surface area contributed by atoms with Crippen LogP contribution in [0.3, 0.4) is 0 Å². The number of amides is 1. The SMILES string of the molecule is CC(C)CCOc1ccc(C(=O)NNS(=O)(=O)c2ccc(F)c(F)c2F)cc1. The molecule has 2 aromatic carbocycles. The molecule has 0 saturated heterocycles. The lowest BCUT2D eigenvalue weighted by molar-refractivity contribution is 0.0945. The maximum Gasteiger partial charge on any atom is 0.266 e. The van der Waals surface area contributed by atoms with E-state index in [4.69, 9.17) is 4.74 Å². The number of sulfonamides is 1. The van der Waals surface area contributed by atoms with Gasteiger partial charge in [-0.1, -0.05) is 13.8 Å². The van der Waals surface area contributed by atoms with Gasteiger partial charge in [-0.05, 0) is 48.7 Å². The van der Waals surface area contributed by atoms with Crippen LogP contribution in [0, 0.1) is 23.4 Å². The Bertz CT molecular complexity index is 948. The van der Waals surface area contributed by atoms with Gasteiger partial charge < -0.3 is 4.74 Å². The summed E-state index contributed by atoms with van der Waals surface area (Å²) in [6.45, 7) is 4.64. The van der Waals surface area contributed by atoms with Crippen LogP contribution in [0.15, 0.2) is 41.3 Å². The minimum atomic E-state index is -4.65. The molecule has 0 aliphatic heterocycles. The smallest absolute Gasteiger partial charge is 0.266 e. The Hall–Kier alpha value is -2.59. The molecule has 0 fully saturated rings. The Morgan fingerprint density at radius 1 is 1.04 bits per heavy atom. The molecule has 0 unspecified atom stereocenters. The zero-order chi connectivity index (χ0) is 20.9. The molecule has 0 bridgehead atoms. The summed E-state index contributed by atoms with van der Waals surface area (Å²) in [5.41, 5.74) is 1.98. The summed E-state index contributed by atoms with van der Waals surface area (Å²) in [5, 5.41) is 0. The highest BCUT2D eigenvalue weighted by Gasteiger charge is 2.24. The van der Waals surface area contributed by atoms with Crippen LogP contribution in [0.2, 0.25) is 0 Å². The molecule has 10 heteroatoms. The fourth-order valence-electron chi connectivity index (χ4n) is 2.07. The molecule has 1 amide bonds. The number of rotatable bonds is 8. The average molecular weight is 416 g/mol. The second-order valence-corrected chi connectivity index (χ2v) is 7.94. The van der Waals surface area contributed by atoms with Crippen LogP contribution in [-0.2, 0) is 10.0 Å². The fourth-order valence-corrected chi connectivity index (χ4v) is 2.98. The lowest BCUT2D eigenvalue weighted by atomic mass is 10.1. The highest BCUT2D eigenvalue weighted by molar-refractivity contribution is 7.89. The largest absolute Gasteiger partial charge is 0.494 e. The molecule has 0 aliphatic carbocycles. The Labute approximate surface area is 160 Å². The molecule has 0 saturated carbocycles. The maximum atomic E-state index is 13.6. The number of carbonyl (C=O) groups excluding carboxylic acids is 1. The average Bonchev–Trinajstić information content (AvgIpc) is 2.64. The number of hydrogen-bond acceptors (Lipinski definition) is 4. The summed E-state index contributed by atoms with van der Waals surface area (Å²) in [4.78, 5) is 12.5. The molecule has 152 valence electrons. The zero-order valence-corrected chi connectivity index (χ0v) is 15.9. The van der Waals surface area contributed by atoms with Crippen LogP contribution >= 0.6 is 0 Å². The van der Waals surface area contributed by atoms with E-state index in [1.165, 1.54) is 12.1 Å². The highest BCUT2D eigenvalue weighted by Crippen LogP contribution is 2.19. The van der Waals surface area contributed by atoms with Crippen LogP contribution < -0.4 is 15.0 Å². The summed E-state index contributed by atoms with van der Waals surface area (Å²) in [6, 6.07) is 6.91. The molecule has 0 spiro atoms. The van der Waals surface area contributed by atoms with Crippen molar-refractivity contribution in [3.8, 4) is 5.75 Å². The quantitative estimate of drug-likeness (QED) is 0.512. The first-order valence-corrected chi connectivity index (χ1v) is 9.78. The van der Waals surface area contributed by atoms with E-state index in [1.54, 1.807) is 17.0 Å². The van der Waals surface area contributed by atoms with Crippen LogP contribution in [0.25, 0.3) is 0 Å². The number of hydrogen-bond donors (Lipinski definition) is 2. The molecule has 2 N–H and O–H groups in total. The minimum absolute atomic E-state index is 0.102. The predicted octanol–water partition coefficient (Wildman–Crippen LogP) is 3.15. The predicted molar refractivity (Wildman–Crippen MR) is 95.5 cm³/mol. The second kappa shape index (κ2) is 9.07. The van der Waals surface area contributed by atoms with E-state index in [9.17, 15) is 26.4 Å². The lowest BCUT2D eigenvalue weighted by Gasteiger charge is -2.11. The number of nitrogens with one attached hydrogen (secondary N) is 2. The molecule has 0 aromatic heterocycles. The van der Waals surface area contributed by atoms with Crippen molar-refractivity contribution in [3.63, 3.8) is 0 Å². The molecule has 2 rings (SSSR count). The van der Waals surface area contributed by atoms with Gasteiger partial charge in [-0.15, -0.1) is 4.83 Å². The maximum absolute atomic E-state index is 13.6. The van der Waals surface area contributed by atoms with Crippen molar-refractivity contribution in [1.82, 2.24) is 10.3 Å². The fraction of sp³-hybridized carbons (Fsp3) is 0.278. The van der Waals surface area contributed by atoms with Gasteiger partial charge in [0.25, 0.3) is 15.9 Å². The topological polar surface area (TPSA) is 84.5 Å². The van der Waals surface area contributed by atoms with E-state index in [0.29, 0.717) is 30.4 Å². The molecule has 2 aromatic rings. The third-order valence-corrected chi connectivity index (χ3v) is 4.93. The van der Waals surface area contributed by atoms with E-state index in [-0.39, 0.29) is 5.56 Å². The molecule has 28 heavy (non-hydrogen) atoms. The second-order valence-electron chi connectivity index (χ2n) is 6.29. The molecular formula is C18H19F3N2O4S. The van der Waals surface area contributed by atoms with Crippen molar-refractivity contribution in [1.29, 1.82) is 0 Å². The summed E-state index contributed by atoms with van der Waals surface area (Å²) in [6.07, 6.45) is 0.866. The third-order valence-electron chi connectivity index (χ3n) is 3.67. The van der Waals surface area contributed by atoms with Gasteiger partial charge in [0.2, 0.25) is 0 Å². The summed E-state index contributed by atoms with van der Waals surface area (Å²) < 4.78 is 69.3. The van der Waals surface area contributed by atoms with E-state index in [0.717, 1.165) is 6.42 Å². The molecule has 0 atom stereocenters. The van der Waals surface area contributed by atoms with Crippen LogP contribution in [0.1, 0.15) is 30.6 Å². The summed E-state index contributed by atoms with van der Waals surface area (Å²) in [5.74, 6) is -5.15. The first-order chi connectivity index (χ1) is 13.1. The zero-order valence-electron chi connectivity index (χ0n) is 15.1. The molecule has 0 heterocycles. The van der Waals surface area contributed by atoms with Crippen LogP contribution in [0.5, 0.6) is 5.75 Å². The van der Waals surface area contributed by atoms with E-state index in [1.807, 2.05) is 5.43 Å². The van der Waals surface area contributed by atoms with Gasteiger partial charge in [-0.2, -0.15) is 0 Å². The van der Waals surface area contributed by atoms with E-state index < -0.39 is 38.3 Å². The summed E-state index contributed by atoms with van der Waals surface area (Å²) in [7, 11) is -4.65. The Kier molecular flexibility index (Phi) is 7.03. The number of halogens is 3. The Morgan fingerprint density at radius 2 is 1.68 bits per heavy atom. The van der Waals surface area contributed by atoms with Crippen molar-refractivity contribution >= 4 is 15.9 Å². The highest BCUT2D eigenvalue weighted by atomic mass is 32.2. The Morgan fingerprint density at radius 3 is 2.29 bits per heavy atom. The van der Waals surface area contributed by atoms with Crippen LogP contribution in [0.4, 0.5) is 13.2 Å². The molecule has 0 radical (unpaired) electrons. The first-order valence-electron chi connectivity index (χ1n) is 8.30. The normalized spacial score (nSPS) is 11.5. The monoisotopic (exact) mass is 416 g/mol. The van der Waals surface area contributed by atoms with Crippen molar-refractivity contribution in [3.05, 3.63) is 59.4 Å².